The lowest BCUT2D eigenvalue weighted by molar-refractivity contribution is -0.113. The lowest BCUT2D eigenvalue weighted by Gasteiger charge is -2.11. The van der Waals surface area contributed by atoms with Gasteiger partial charge in [0.25, 0.3) is 0 Å². The van der Waals surface area contributed by atoms with Gasteiger partial charge in [-0.3, -0.25) is 9.36 Å². The fraction of sp³-hybridized carbons (Fsp3) is 0.438. The van der Waals surface area contributed by atoms with Crippen LogP contribution in [-0.4, -0.2) is 39.1 Å². The van der Waals surface area contributed by atoms with Gasteiger partial charge in [-0.2, -0.15) is 0 Å². The Morgan fingerprint density at radius 3 is 3.17 bits per heavy atom. The van der Waals surface area contributed by atoms with E-state index < -0.39 is 0 Å². The Hall–Kier alpha value is -2.06. The molecule has 7 nitrogen and oxygen atoms in total. The first-order valence-electron chi connectivity index (χ1n) is 7.88. The Labute approximate surface area is 143 Å². The van der Waals surface area contributed by atoms with Crippen LogP contribution in [0.15, 0.2) is 34.2 Å². The number of H-pyrrole nitrogens is 1. The molecule has 128 valence electrons. The molecule has 0 radical (unpaired) electrons. The van der Waals surface area contributed by atoms with E-state index >= 15 is 0 Å². The number of amides is 1. The second-order valence-corrected chi connectivity index (χ2v) is 6.71. The molecule has 0 bridgehead atoms. The molecule has 1 amide bonds. The van der Waals surface area contributed by atoms with Gasteiger partial charge < -0.3 is 10.1 Å². The van der Waals surface area contributed by atoms with Gasteiger partial charge in [0.1, 0.15) is 0 Å². The van der Waals surface area contributed by atoms with Crippen LogP contribution in [0.1, 0.15) is 18.4 Å². The molecular weight excluding hydrogens is 328 g/mol. The molecule has 0 unspecified atom stereocenters. The molecule has 2 N–H and O–H groups in total. The first kappa shape index (κ1) is 16.8. The molecule has 2 aromatic rings. The van der Waals surface area contributed by atoms with Crippen molar-refractivity contribution < 1.29 is 9.53 Å². The largest absolute Gasteiger partial charge is 0.376 e. The summed E-state index contributed by atoms with van der Waals surface area (Å²) >= 11 is 1.24. The van der Waals surface area contributed by atoms with Crippen LogP contribution in [0.25, 0.3) is 0 Å². The lowest BCUT2D eigenvalue weighted by atomic mass is 10.2. The minimum atomic E-state index is -0.271. The van der Waals surface area contributed by atoms with E-state index in [4.69, 9.17) is 4.74 Å². The second-order valence-electron chi connectivity index (χ2n) is 5.76. The van der Waals surface area contributed by atoms with Gasteiger partial charge in [0.15, 0.2) is 5.16 Å². The van der Waals surface area contributed by atoms with Crippen LogP contribution in [0.2, 0.25) is 0 Å². The van der Waals surface area contributed by atoms with Crippen LogP contribution in [0, 0.1) is 6.92 Å². The molecule has 0 saturated carbocycles. The maximum atomic E-state index is 12.1. The highest BCUT2D eigenvalue weighted by atomic mass is 32.2. The van der Waals surface area contributed by atoms with Gasteiger partial charge in [0, 0.05) is 12.3 Å². The average molecular weight is 348 g/mol. The molecule has 1 atom stereocenters. The predicted octanol–water partition coefficient (Wildman–Crippen LogP) is 1.79. The van der Waals surface area contributed by atoms with Gasteiger partial charge in [-0.1, -0.05) is 23.9 Å². The van der Waals surface area contributed by atoms with Crippen molar-refractivity contribution in [2.75, 3.05) is 17.7 Å². The smallest absolute Gasteiger partial charge is 0.344 e. The number of hydrogen-bond acceptors (Lipinski definition) is 5. The lowest BCUT2D eigenvalue weighted by Crippen LogP contribution is -2.25. The van der Waals surface area contributed by atoms with Crippen molar-refractivity contribution >= 4 is 23.4 Å². The standard InChI is InChI=1S/C16H20N4O3S/c1-11-4-2-5-12(8-11)17-14(21)10-24-16-19-18-15(22)20(16)9-13-6-3-7-23-13/h2,4-5,8,13H,3,6-7,9-10H2,1H3,(H,17,21)(H,18,22)/t13-/m1/s1. The first-order chi connectivity index (χ1) is 11.6. The Kier molecular flexibility index (Phi) is 5.37. The van der Waals surface area contributed by atoms with E-state index in [1.165, 1.54) is 11.8 Å². The minimum Gasteiger partial charge on any atom is -0.376 e. The highest BCUT2D eigenvalue weighted by molar-refractivity contribution is 7.99. The molecule has 2 heterocycles. The highest BCUT2D eigenvalue weighted by Crippen LogP contribution is 2.18. The fourth-order valence-corrected chi connectivity index (χ4v) is 3.37. The maximum absolute atomic E-state index is 12.1. The number of nitrogens with zero attached hydrogens (tertiary/aromatic N) is 2. The van der Waals surface area contributed by atoms with Crippen LogP contribution in [0.3, 0.4) is 0 Å². The summed E-state index contributed by atoms with van der Waals surface area (Å²) in [5.74, 6) is 0.0498. The Morgan fingerprint density at radius 2 is 2.42 bits per heavy atom. The number of nitrogens with one attached hydrogen (secondary N) is 2. The highest BCUT2D eigenvalue weighted by Gasteiger charge is 2.20. The molecule has 0 aliphatic carbocycles. The number of hydrogen-bond donors (Lipinski definition) is 2. The maximum Gasteiger partial charge on any atom is 0.344 e. The third-order valence-corrected chi connectivity index (χ3v) is 4.74. The number of benzene rings is 1. The summed E-state index contributed by atoms with van der Waals surface area (Å²) in [4.78, 5) is 24.0. The summed E-state index contributed by atoms with van der Waals surface area (Å²) in [7, 11) is 0. The van der Waals surface area contributed by atoms with Crippen molar-refractivity contribution in [1.29, 1.82) is 0 Å². The molecule has 1 aromatic heterocycles. The van der Waals surface area contributed by atoms with Crippen LogP contribution in [-0.2, 0) is 16.1 Å². The van der Waals surface area contributed by atoms with Gasteiger partial charge in [-0.05, 0) is 37.5 Å². The molecule has 1 aliphatic heterocycles. The Bertz CT molecular complexity index is 765. The third kappa shape index (κ3) is 4.27. The van der Waals surface area contributed by atoms with Crippen molar-refractivity contribution in [3.63, 3.8) is 0 Å². The van der Waals surface area contributed by atoms with Crippen LogP contribution in [0.5, 0.6) is 0 Å². The number of aryl methyl sites for hydroxylation is 1. The van der Waals surface area contributed by atoms with Crippen molar-refractivity contribution in [3.05, 3.63) is 40.3 Å². The van der Waals surface area contributed by atoms with Gasteiger partial charge in [0.2, 0.25) is 5.91 Å². The number of thioether (sulfide) groups is 1. The van der Waals surface area contributed by atoms with E-state index in [0.29, 0.717) is 11.7 Å². The number of carbonyl (C=O) groups is 1. The van der Waals surface area contributed by atoms with Gasteiger partial charge in [-0.25, -0.2) is 9.89 Å². The fourth-order valence-electron chi connectivity index (χ4n) is 2.62. The van der Waals surface area contributed by atoms with Crippen LogP contribution >= 0.6 is 11.8 Å². The molecule has 0 spiro atoms. The number of aromatic nitrogens is 3. The molecule has 1 saturated heterocycles. The summed E-state index contributed by atoms with van der Waals surface area (Å²) in [6.07, 6.45) is 1.99. The van der Waals surface area contributed by atoms with E-state index in [2.05, 4.69) is 15.5 Å². The van der Waals surface area contributed by atoms with Crippen LogP contribution in [0.4, 0.5) is 5.69 Å². The number of rotatable bonds is 6. The van der Waals surface area contributed by atoms with E-state index in [-0.39, 0.29) is 23.5 Å². The number of aromatic amines is 1. The number of carbonyl (C=O) groups excluding carboxylic acids is 1. The Morgan fingerprint density at radius 1 is 1.54 bits per heavy atom. The summed E-state index contributed by atoms with van der Waals surface area (Å²) < 4.78 is 7.10. The number of ether oxygens (including phenoxy) is 1. The van der Waals surface area contributed by atoms with E-state index in [9.17, 15) is 9.59 Å². The molecule has 3 rings (SSSR count). The zero-order valence-electron chi connectivity index (χ0n) is 13.4. The minimum absolute atomic E-state index is 0.0424. The average Bonchev–Trinajstić information content (AvgIpc) is 3.17. The molecule has 1 aliphatic rings. The first-order valence-corrected chi connectivity index (χ1v) is 8.86. The zero-order valence-corrected chi connectivity index (χ0v) is 14.3. The van der Waals surface area contributed by atoms with Gasteiger partial charge in [0.05, 0.1) is 18.4 Å². The van der Waals surface area contributed by atoms with E-state index in [1.807, 2.05) is 31.2 Å². The molecule has 1 aromatic carbocycles. The summed E-state index contributed by atoms with van der Waals surface area (Å²) in [6.45, 7) is 3.17. The summed E-state index contributed by atoms with van der Waals surface area (Å²) in [6, 6.07) is 7.62. The second kappa shape index (κ2) is 7.67. The Balaban J connectivity index is 1.58. The third-order valence-electron chi connectivity index (χ3n) is 3.77. The number of anilines is 1. The van der Waals surface area contributed by atoms with Crippen molar-refractivity contribution in [2.45, 2.75) is 37.6 Å². The quantitative estimate of drug-likeness (QED) is 0.777. The topological polar surface area (TPSA) is 89.0 Å². The van der Waals surface area contributed by atoms with Crippen LogP contribution < -0.4 is 11.0 Å². The molecule has 8 heteroatoms. The zero-order chi connectivity index (χ0) is 16.9. The molecular formula is C16H20N4O3S. The molecule has 1 fully saturated rings. The summed E-state index contributed by atoms with van der Waals surface area (Å²) in [5.41, 5.74) is 1.57. The summed E-state index contributed by atoms with van der Waals surface area (Å²) in [5, 5.41) is 9.80. The van der Waals surface area contributed by atoms with E-state index in [0.717, 1.165) is 30.7 Å². The normalized spacial score (nSPS) is 17.1. The molecule has 24 heavy (non-hydrogen) atoms. The SMILES string of the molecule is Cc1cccc(NC(=O)CSc2n[nH]c(=O)n2C[C@H]2CCCO2)c1. The monoisotopic (exact) mass is 348 g/mol. The van der Waals surface area contributed by atoms with Crippen molar-refractivity contribution in [2.24, 2.45) is 0 Å². The van der Waals surface area contributed by atoms with Crippen molar-refractivity contribution in [1.82, 2.24) is 14.8 Å². The van der Waals surface area contributed by atoms with E-state index in [1.54, 1.807) is 4.57 Å². The van der Waals surface area contributed by atoms with Crippen molar-refractivity contribution in [3.8, 4) is 0 Å². The van der Waals surface area contributed by atoms with Gasteiger partial charge >= 0.3 is 5.69 Å². The predicted molar refractivity (Wildman–Crippen MR) is 92.4 cm³/mol. The van der Waals surface area contributed by atoms with Gasteiger partial charge in [-0.15, -0.1) is 5.10 Å².